The Bertz CT molecular complexity index is 237. The molecule has 7 heteroatoms. The molecule has 0 aromatic heterocycles. The van der Waals surface area contributed by atoms with Crippen molar-refractivity contribution in [3.05, 3.63) is 0 Å². The summed E-state index contributed by atoms with van der Waals surface area (Å²) in [5, 5.41) is 0. The van der Waals surface area contributed by atoms with Gasteiger partial charge in [-0.15, -0.1) is 0 Å². The van der Waals surface area contributed by atoms with E-state index in [1.165, 1.54) is 0 Å². The molecular weight excluding hydrogens is 217 g/mol. The van der Waals surface area contributed by atoms with Crippen molar-refractivity contribution >= 4 is 0 Å². The van der Waals surface area contributed by atoms with Crippen LogP contribution in [0, 0.1) is 11.3 Å². The van der Waals surface area contributed by atoms with Crippen LogP contribution in [0.25, 0.3) is 0 Å². The second-order valence-electron chi connectivity index (χ2n) is 3.61. The third-order valence-corrected chi connectivity index (χ3v) is 2.99. The molecule has 0 spiro atoms. The minimum absolute atomic E-state index is 0.255. The van der Waals surface area contributed by atoms with Gasteiger partial charge in [-0.2, -0.15) is 30.7 Å². The molecule has 1 atom stereocenters. The van der Waals surface area contributed by atoms with Crippen molar-refractivity contribution in [2.24, 2.45) is 11.3 Å². The van der Waals surface area contributed by atoms with Crippen LogP contribution in [0.2, 0.25) is 0 Å². The Hall–Kier alpha value is -0.490. The van der Waals surface area contributed by atoms with Crippen molar-refractivity contribution in [1.82, 2.24) is 0 Å². The molecule has 1 saturated carbocycles. The van der Waals surface area contributed by atoms with Crippen molar-refractivity contribution in [1.29, 1.82) is 0 Å². The van der Waals surface area contributed by atoms with Gasteiger partial charge < -0.3 is 0 Å². The van der Waals surface area contributed by atoms with E-state index in [1.54, 1.807) is 0 Å². The number of rotatable bonds is 1. The highest BCUT2D eigenvalue weighted by Crippen LogP contribution is 2.76. The first-order valence-electron chi connectivity index (χ1n) is 3.73. The SMILES string of the molecule is CC(C(F)(F)F)C1(C)C(F)(F)C1(F)F. The fraction of sp³-hybridized carbons (Fsp3) is 1.00. The molecule has 0 saturated heterocycles. The number of hydrogen-bond donors (Lipinski definition) is 0. The second-order valence-corrected chi connectivity index (χ2v) is 3.61. The van der Waals surface area contributed by atoms with E-state index in [4.69, 9.17) is 0 Å². The van der Waals surface area contributed by atoms with E-state index in [-0.39, 0.29) is 6.92 Å². The van der Waals surface area contributed by atoms with Gasteiger partial charge in [-0.05, 0) is 6.92 Å². The average Bonchev–Trinajstić information content (AvgIpc) is 2.26. The zero-order chi connectivity index (χ0) is 11.6. The highest BCUT2D eigenvalue weighted by molar-refractivity contribution is 5.26. The van der Waals surface area contributed by atoms with Gasteiger partial charge in [0.1, 0.15) is 5.41 Å². The summed E-state index contributed by atoms with van der Waals surface area (Å²) in [5.41, 5.74) is -3.31. The van der Waals surface area contributed by atoms with Crippen LogP contribution in [0.3, 0.4) is 0 Å². The molecule has 0 aliphatic heterocycles. The van der Waals surface area contributed by atoms with Gasteiger partial charge in [0.2, 0.25) is 0 Å². The van der Waals surface area contributed by atoms with Crippen LogP contribution in [0.5, 0.6) is 0 Å². The molecule has 84 valence electrons. The van der Waals surface area contributed by atoms with Crippen molar-refractivity contribution in [3.8, 4) is 0 Å². The number of alkyl halides is 7. The monoisotopic (exact) mass is 224 g/mol. The first kappa shape index (κ1) is 11.6. The van der Waals surface area contributed by atoms with E-state index in [1.807, 2.05) is 0 Å². The molecule has 1 rings (SSSR count). The molecule has 1 aliphatic carbocycles. The first-order chi connectivity index (χ1) is 5.90. The Balaban J connectivity index is 3.03. The van der Waals surface area contributed by atoms with E-state index in [0.29, 0.717) is 6.92 Å². The predicted octanol–water partition coefficient (Wildman–Crippen LogP) is 3.48. The standard InChI is InChI=1S/C7H7F7/c1-3(5(8,9)10)4(2)6(11,12)7(4,13)14/h3H,1-2H3. The summed E-state index contributed by atoms with van der Waals surface area (Å²) in [6.07, 6.45) is -5.04. The minimum atomic E-state index is -5.04. The number of halogens is 7. The van der Waals surface area contributed by atoms with Crippen LogP contribution < -0.4 is 0 Å². The van der Waals surface area contributed by atoms with Crippen LogP contribution >= 0.6 is 0 Å². The summed E-state index contributed by atoms with van der Waals surface area (Å²) in [7, 11) is 0. The third kappa shape index (κ3) is 0.954. The van der Waals surface area contributed by atoms with E-state index < -0.39 is 29.4 Å². The average molecular weight is 224 g/mol. The van der Waals surface area contributed by atoms with E-state index >= 15 is 0 Å². The lowest BCUT2D eigenvalue weighted by Crippen LogP contribution is -2.32. The molecule has 0 amide bonds. The molecule has 0 aromatic rings. The lowest BCUT2D eigenvalue weighted by atomic mass is 9.91. The van der Waals surface area contributed by atoms with Gasteiger partial charge in [0.05, 0.1) is 5.92 Å². The fourth-order valence-electron chi connectivity index (χ4n) is 1.43. The van der Waals surface area contributed by atoms with Crippen LogP contribution in [-0.4, -0.2) is 18.0 Å². The molecule has 0 bridgehead atoms. The van der Waals surface area contributed by atoms with Crippen molar-refractivity contribution < 1.29 is 30.7 Å². The molecule has 1 aliphatic rings. The van der Waals surface area contributed by atoms with E-state index in [2.05, 4.69) is 0 Å². The Morgan fingerprint density at radius 3 is 1.29 bits per heavy atom. The highest BCUT2D eigenvalue weighted by Gasteiger charge is 2.96. The van der Waals surface area contributed by atoms with Crippen LogP contribution in [-0.2, 0) is 0 Å². The molecule has 0 nitrogen and oxygen atoms in total. The van der Waals surface area contributed by atoms with Gasteiger partial charge in [-0.25, -0.2) is 0 Å². The summed E-state index contributed by atoms with van der Waals surface area (Å²) < 4.78 is 86.0. The molecule has 1 fully saturated rings. The maximum Gasteiger partial charge on any atom is 0.392 e. The Kier molecular flexibility index (Phi) is 1.95. The van der Waals surface area contributed by atoms with E-state index in [9.17, 15) is 30.7 Å². The summed E-state index contributed by atoms with van der Waals surface area (Å²) in [6, 6.07) is 0. The molecule has 14 heavy (non-hydrogen) atoms. The fourth-order valence-corrected chi connectivity index (χ4v) is 1.43. The Morgan fingerprint density at radius 1 is 0.929 bits per heavy atom. The van der Waals surface area contributed by atoms with Gasteiger partial charge in [0, 0.05) is 0 Å². The van der Waals surface area contributed by atoms with Gasteiger partial charge in [0.25, 0.3) is 0 Å². The van der Waals surface area contributed by atoms with Crippen molar-refractivity contribution in [2.75, 3.05) is 0 Å². The quantitative estimate of drug-likeness (QED) is 0.598. The van der Waals surface area contributed by atoms with E-state index in [0.717, 1.165) is 0 Å². The highest BCUT2D eigenvalue weighted by atomic mass is 19.4. The third-order valence-electron chi connectivity index (χ3n) is 2.99. The minimum Gasteiger partial charge on any atom is -0.199 e. The van der Waals surface area contributed by atoms with Gasteiger partial charge in [-0.1, -0.05) is 6.92 Å². The molecule has 1 unspecified atom stereocenters. The second kappa shape index (κ2) is 2.36. The lowest BCUT2D eigenvalue weighted by Gasteiger charge is -2.21. The number of hydrogen-bond acceptors (Lipinski definition) is 0. The Labute approximate surface area is 75.1 Å². The topological polar surface area (TPSA) is 0 Å². The summed E-state index contributed by atoms with van der Waals surface area (Å²) in [4.78, 5) is 0. The predicted molar refractivity (Wildman–Crippen MR) is 33.2 cm³/mol. The Morgan fingerprint density at radius 2 is 1.21 bits per heavy atom. The summed E-state index contributed by atoms with van der Waals surface area (Å²) in [5.74, 6) is -11.9. The van der Waals surface area contributed by atoms with Crippen LogP contribution in [0.15, 0.2) is 0 Å². The molecule has 0 N–H and O–H groups in total. The van der Waals surface area contributed by atoms with Gasteiger partial charge in [0.15, 0.2) is 0 Å². The van der Waals surface area contributed by atoms with Gasteiger partial charge in [-0.3, -0.25) is 0 Å². The van der Waals surface area contributed by atoms with Crippen molar-refractivity contribution in [2.45, 2.75) is 31.9 Å². The maximum absolute atomic E-state index is 12.5. The first-order valence-corrected chi connectivity index (χ1v) is 3.73. The molecule has 0 heterocycles. The van der Waals surface area contributed by atoms with Crippen molar-refractivity contribution in [3.63, 3.8) is 0 Å². The van der Waals surface area contributed by atoms with Gasteiger partial charge >= 0.3 is 18.0 Å². The zero-order valence-corrected chi connectivity index (χ0v) is 7.22. The largest absolute Gasteiger partial charge is 0.392 e. The normalized spacial score (nSPS) is 29.8. The van der Waals surface area contributed by atoms with Crippen LogP contribution in [0.4, 0.5) is 30.7 Å². The molecule has 0 radical (unpaired) electrons. The zero-order valence-electron chi connectivity index (χ0n) is 7.22. The summed E-state index contributed by atoms with van der Waals surface area (Å²) >= 11 is 0. The lowest BCUT2D eigenvalue weighted by molar-refractivity contribution is -0.199. The molecule has 0 aromatic carbocycles. The maximum atomic E-state index is 12.5. The summed E-state index contributed by atoms with van der Waals surface area (Å²) in [6.45, 7) is 0.597. The molecular formula is C7H7F7. The smallest absolute Gasteiger partial charge is 0.199 e. The van der Waals surface area contributed by atoms with Crippen LogP contribution in [0.1, 0.15) is 13.8 Å².